The second kappa shape index (κ2) is 6.39. The van der Waals surface area contributed by atoms with Gasteiger partial charge in [0.1, 0.15) is 24.2 Å². The van der Waals surface area contributed by atoms with Gasteiger partial charge in [-0.2, -0.15) is 5.26 Å². The van der Waals surface area contributed by atoms with Gasteiger partial charge < -0.3 is 9.64 Å². The van der Waals surface area contributed by atoms with E-state index in [0.717, 1.165) is 36.6 Å². The van der Waals surface area contributed by atoms with Crippen molar-refractivity contribution in [1.29, 1.82) is 5.26 Å². The molecular formula is C16H17N5O. The molecule has 2 aromatic heterocycles. The zero-order valence-corrected chi connectivity index (χ0v) is 12.4. The number of rotatable bonds is 4. The Balaban J connectivity index is 1.71. The summed E-state index contributed by atoms with van der Waals surface area (Å²) in [5.41, 5.74) is 1.23. The van der Waals surface area contributed by atoms with Crippen molar-refractivity contribution in [2.24, 2.45) is 0 Å². The van der Waals surface area contributed by atoms with Crippen molar-refractivity contribution in [3.63, 3.8) is 0 Å². The molecule has 1 saturated heterocycles. The molecule has 1 aliphatic rings. The summed E-state index contributed by atoms with van der Waals surface area (Å²) in [6.45, 7) is 3.41. The van der Waals surface area contributed by atoms with Crippen LogP contribution >= 0.6 is 0 Å². The molecule has 0 aliphatic carbocycles. The van der Waals surface area contributed by atoms with E-state index in [-0.39, 0.29) is 6.04 Å². The fourth-order valence-electron chi connectivity index (χ4n) is 2.67. The third kappa shape index (κ3) is 2.98. The number of pyridine rings is 1. The van der Waals surface area contributed by atoms with Crippen LogP contribution < -0.4 is 9.64 Å². The van der Waals surface area contributed by atoms with Crippen molar-refractivity contribution in [2.75, 3.05) is 18.1 Å². The van der Waals surface area contributed by atoms with Crippen LogP contribution in [0.15, 0.2) is 30.7 Å². The molecule has 0 unspecified atom stereocenters. The summed E-state index contributed by atoms with van der Waals surface area (Å²) in [6, 6.07) is 6.07. The minimum atomic E-state index is 0.239. The van der Waals surface area contributed by atoms with E-state index in [1.54, 1.807) is 12.4 Å². The van der Waals surface area contributed by atoms with Crippen molar-refractivity contribution >= 4 is 5.82 Å². The summed E-state index contributed by atoms with van der Waals surface area (Å²) >= 11 is 0. The van der Waals surface area contributed by atoms with Gasteiger partial charge in [0.15, 0.2) is 5.69 Å². The summed E-state index contributed by atoms with van der Waals surface area (Å²) in [7, 11) is 0. The maximum absolute atomic E-state index is 8.95. The molecular weight excluding hydrogens is 278 g/mol. The van der Waals surface area contributed by atoms with E-state index in [1.165, 1.54) is 6.20 Å². The van der Waals surface area contributed by atoms with Gasteiger partial charge in [-0.25, -0.2) is 4.98 Å². The minimum Gasteiger partial charge on any atom is -0.490 e. The summed E-state index contributed by atoms with van der Waals surface area (Å²) in [5, 5.41) is 8.95. The number of nitriles is 1. The Kier molecular flexibility index (Phi) is 4.15. The van der Waals surface area contributed by atoms with Crippen LogP contribution in [0.5, 0.6) is 5.75 Å². The molecule has 3 rings (SSSR count). The highest BCUT2D eigenvalue weighted by molar-refractivity contribution is 5.41. The quantitative estimate of drug-likeness (QED) is 0.860. The largest absolute Gasteiger partial charge is 0.490 e. The second-order valence-corrected chi connectivity index (χ2v) is 5.26. The van der Waals surface area contributed by atoms with E-state index in [0.29, 0.717) is 12.3 Å². The summed E-state index contributed by atoms with van der Waals surface area (Å²) < 4.78 is 5.91. The second-order valence-electron chi connectivity index (χ2n) is 5.26. The lowest BCUT2D eigenvalue weighted by atomic mass is 10.2. The number of nitrogens with zero attached hydrogens (tertiary/aromatic N) is 5. The Morgan fingerprint density at radius 1 is 1.45 bits per heavy atom. The van der Waals surface area contributed by atoms with Crippen LogP contribution in [0, 0.1) is 18.3 Å². The first-order valence-corrected chi connectivity index (χ1v) is 7.31. The Bertz CT molecular complexity index is 697. The van der Waals surface area contributed by atoms with Gasteiger partial charge in [-0.05, 0) is 31.9 Å². The van der Waals surface area contributed by atoms with Crippen molar-refractivity contribution < 1.29 is 4.74 Å². The third-order valence-corrected chi connectivity index (χ3v) is 3.80. The number of hydrogen-bond acceptors (Lipinski definition) is 6. The maximum atomic E-state index is 8.95. The van der Waals surface area contributed by atoms with Gasteiger partial charge in [0, 0.05) is 12.7 Å². The first kappa shape index (κ1) is 14.3. The highest BCUT2D eigenvalue weighted by Gasteiger charge is 2.27. The van der Waals surface area contributed by atoms with E-state index in [1.807, 2.05) is 25.1 Å². The van der Waals surface area contributed by atoms with Crippen molar-refractivity contribution in [3.8, 4) is 11.8 Å². The van der Waals surface area contributed by atoms with Gasteiger partial charge in [-0.1, -0.05) is 0 Å². The number of aromatic nitrogens is 3. The molecule has 6 heteroatoms. The molecule has 112 valence electrons. The zero-order chi connectivity index (χ0) is 15.4. The van der Waals surface area contributed by atoms with Gasteiger partial charge in [0.25, 0.3) is 0 Å². The molecule has 2 aromatic rings. The molecule has 0 N–H and O–H groups in total. The molecule has 22 heavy (non-hydrogen) atoms. The van der Waals surface area contributed by atoms with Crippen molar-refractivity contribution in [2.45, 2.75) is 25.8 Å². The van der Waals surface area contributed by atoms with Crippen LogP contribution in [-0.2, 0) is 0 Å². The highest BCUT2D eigenvalue weighted by Crippen LogP contribution is 2.24. The third-order valence-electron chi connectivity index (χ3n) is 3.80. The lowest BCUT2D eigenvalue weighted by Gasteiger charge is -2.25. The van der Waals surface area contributed by atoms with Crippen LogP contribution in [0.1, 0.15) is 24.2 Å². The van der Waals surface area contributed by atoms with Gasteiger partial charge >= 0.3 is 0 Å². The predicted octanol–water partition coefficient (Wildman–Crippen LogP) is 2.10. The number of anilines is 1. The van der Waals surface area contributed by atoms with Gasteiger partial charge in [0.2, 0.25) is 0 Å². The fourth-order valence-corrected chi connectivity index (χ4v) is 2.67. The van der Waals surface area contributed by atoms with E-state index >= 15 is 0 Å². The highest BCUT2D eigenvalue weighted by atomic mass is 16.5. The van der Waals surface area contributed by atoms with E-state index < -0.39 is 0 Å². The Morgan fingerprint density at radius 2 is 2.36 bits per heavy atom. The fraction of sp³-hybridized carbons (Fsp3) is 0.375. The van der Waals surface area contributed by atoms with Gasteiger partial charge in [-0.15, -0.1) is 0 Å². The lowest BCUT2D eigenvalue weighted by molar-refractivity contribution is 0.285. The number of hydrogen-bond donors (Lipinski definition) is 0. The monoisotopic (exact) mass is 295 g/mol. The molecule has 1 fully saturated rings. The van der Waals surface area contributed by atoms with E-state index in [4.69, 9.17) is 10.00 Å². The predicted molar refractivity (Wildman–Crippen MR) is 81.6 cm³/mol. The summed E-state index contributed by atoms with van der Waals surface area (Å²) in [6.07, 6.45) is 7.06. The maximum Gasteiger partial charge on any atom is 0.161 e. The smallest absolute Gasteiger partial charge is 0.161 e. The minimum absolute atomic E-state index is 0.239. The molecule has 0 radical (unpaired) electrons. The number of ether oxygens (including phenoxy) is 1. The summed E-state index contributed by atoms with van der Waals surface area (Å²) in [4.78, 5) is 14.8. The molecule has 0 amide bonds. The molecule has 1 atom stereocenters. The molecule has 0 saturated carbocycles. The topological polar surface area (TPSA) is 74.9 Å². The average Bonchev–Trinajstić information content (AvgIpc) is 3.03. The SMILES string of the molecule is Cc1ncccc1OC[C@@H]1CCCN1c1cncc(C#N)n1. The molecule has 6 nitrogen and oxygen atoms in total. The Labute approximate surface area is 129 Å². The van der Waals surface area contributed by atoms with Crippen molar-refractivity contribution in [1.82, 2.24) is 15.0 Å². The van der Waals surface area contributed by atoms with Crippen LogP contribution in [0.4, 0.5) is 5.82 Å². The van der Waals surface area contributed by atoms with Crippen LogP contribution in [0.2, 0.25) is 0 Å². The Morgan fingerprint density at radius 3 is 3.18 bits per heavy atom. The standard InChI is InChI=1S/C16H17N5O/c1-12-15(5-2-6-19-12)22-11-14-4-3-7-21(14)16-10-18-9-13(8-17)20-16/h2,5-6,9-10,14H,3-4,7,11H2,1H3/t14-/m0/s1. The average molecular weight is 295 g/mol. The molecule has 3 heterocycles. The van der Waals surface area contributed by atoms with Gasteiger partial charge in [-0.3, -0.25) is 9.97 Å². The van der Waals surface area contributed by atoms with Crippen LogP contribution in [0.25, 0.3) is 0 Å². The van der Waals surface area contributed by atoms with Crippen LogP contribution in [-0.4, -0.2) is 34.1 Å². The van der Waals surface area contributed by atoms with E-state index in [2.05, 4.69) is 19.9 Å². The zero-order valence-electron chi connectivity index (χ0n) is 12.4. The molecule has 1 aliphatic heterocycles. The van der Waals surface area contributed by atoms with E-state index in [9.17, 15) is 0 Å². The molecule has 0 bridgehead atoms. The lowest BCUT2D eigenvalue weighted by Crippen LogP contribution is -2.35. The van der Waals surface area contributed by atoms with Crippen molar-refractivity contribution in [3.05, 3.63) is 42.1 Å². The Hall–Kier alpha value is -2.68. The first-order chi connectivity index (χ1) is 10.8. The molecule has 0 aromatic carbocycles. The molecule has 0 spiro atoms. The van der Waals surface area contributed by atoms with Crippen LogP contribution in [0.3, 0.4) is 0 Å². The number of aryl methyl sites for hydroxylation is 1. The summed E-state index contributed by atoms with van der Waals surface area (Å²) in [5.74, 6) is 1.55. The first-order valence-electron chi connectivity index (χ1n) is 7.31. The normalized spacial score (nSPS) is 17.3. The van der Waals surface area contributed by atoms with Gasteiger partial charge in [0.05, 0.1) is 24.1 Å².